The van der Waals surface area contributed by atoms with Crippen LogP contribution in [-0.4, -0.2) is 17.1 Å². The fraction of sp³-hybridized carbons (Fsp3) is 0.143. The Morgan fingerprint density at radius 3 is 2.85 bits per heavy atom. The van der Waals surface area contributed by atoms with Crippen LogP contribution in [0.2, 0.25) is 5.02 Å². The van der Waals surface area contributed by atoms with Gasteiger partial charge in [0.1, 0.15) is 17.3 Å². The first-order valence-electron chi connectivity index (χ1n) is 5.82. The minimum absolute atomic E-state index is 0.260. The predicted octanol–water partition coefficient (Wildman–Crippen LogP) is 2.96. The van der Waals surface area contributed by atoms with E-state index in [1.54, 1.807) is 31.4 Å². The van der Waals surface area contributed by atoms with E-state index >= 15 is 0 Å². The van der Waals surface area contributed by atoms with Gasteiger partial charge in [-0.25, -0.2) is 4.98 Å². The molecule has 0 aliphatic carbocycles. The maximum absolute atomic E-state index is 5.95. The van der Waals surface area contributed by atoms with E-state index in [4.69, 9.17) is 39.0 Å². The lowest BCUT2D eigenvalue weighted by molar-refractivity contribution is 0.297. The first kappa shape index (κ1) is 14.6. The van der Waals surface area contributed by atoms with Gasteiger partial charge in [0.15, 0.2) is 0 Å². The molecule has 0 radical (unpaired) electrons. The van der Waals surface area contributed by atoms with Crippen molar-refractivity contribution in [1.29, 1.82) is 0 Å². The molecule has 2 rings (SSSR count). The summed E-state index contributed by atoms with van der Waals surface area (Å²) in [5.74, 6) is 1.07. The van der Waals surface area contributed by atoms with Gasteiger partial charge in [-0.05, 0) is 24.3 Å². The number of benzene rings is 1. The molecule has 20 heavy (non-hydrogen) atoms. The standard InChI is InChI=1S/C14H13ClN2O2S/c1-18-13-4-2-3-10(17-13)8-19-12-7-9(15)5-6-11(12)14(16)20/h2-7H,8H2,1H3,(H2,16,20). The second-order valence-corrected chi connectivity index (χ2v) is 4.84. The molecule has 0 fully saturated rings. The number of methoxy groups -OCH3 is 1. The van der Waals surface area contributed by atoms with Gasteiger partial charge in [-0.2, -0.15) is 0 Å². The Labute approximate surface area is 127 Å². The van der Waals surface area contributed by atoms with Crippen LogP contribution in [0.3, 0.4) is 0 Å². The molecule has 0 spiro atoms. The van der Waals surface area contributed by atoms with Crippen molar-refractivity contribution in [2.24, 2.45) is 5.73 Å². The lowest BCUT2D eigenvalue weighted by Gasteiger charge is -2.11. The maximum atomic E-state index is 5.95. The highest BCUT2D eigenvalue weighted by molar-refractivity contribution is 7.80. The van der Waals surface area contributed by atoms with E-state index in [1.807, 2.05) is 12.1 Å². The second-order valence-electron chi connectivity index (χ2n) is 3.96. The molecule has 104 valence electrons. The maximum Gasteiger partial charge on any atom is 0.213 e. The van der Waals surface area contributed by atoms with Crippen molar-refractivity contribution in [2.45, 2.75) is 6.61 Å². The van der Waals surface area contributed by atoms with Gasteiger partial charge in [0, 0.05) is 11.1 Å². The zero-order chi connectivity index (χ0) is 14.5. The smallest absolute Gasteiger partial charge is 0.213 e. The summed E-state index contributed by atoms with van der Waals surface area (Å²) in [6.45, 7) is 0.271. The molecule has 0 unspecified atom stereocenters. The number of aromatic nitrogens is 1. The Balaban J connectivity index is 2.17. The Morgan fingerprint density at radius 1 is 1.35 bits per heavy atom. The molecule has 1 aromatic carbocycles. The van der Waals surface area contributed by atoms with Crippen LogP contribution in [0.15, 0.2) is 36.4 Å². The van der Waals surface area contributed by atoms with Crippen LogP contribution < -0.4 is 15.2 Å². The van der Waals surface area contributed by atoms with Gasteiger partial charge in [0.05, 0.1) is 18.4 Å². The summed E-state index contributed by atoms with van der Waals surface area (Å²) in [6, 6.07) is 10.6. The molecule has 0 amide bonds. The molecule has 2 N–H and O–H groups in total. The highest BCUT2D eigenvalue weighted by Gasteiger charge is 2.08. The number of nitrogens with two attached hydrogens (primary N) is 1. The second kappa shape index (κ2) is 6.54. The number of rotatable bonds is 5. The zero-order valence-corrected chi connectivity index (χ0v) is 12.4. The van der Waals surface area contributed by atoms with Gasteiger partial charge >= 0.3 is 0 Å². The van der Waals surface area contributed by atoms with Gasteiger partial charge in [-0.1, -0.05) is 29.9 Å². The van der Waals surface area contributed by atoms with E-state index in [0.29, 0.717) is 22.2 Å². The first-order valence-corrected chi connectivity index (χ1v) is 6.61. The molecule has 0 saturated carbocycles. The average molecular weight is 309 g/mol. The third kappa shape index (κ3) is 3.59. The zero-order valence-electron chi connectivity index (χ0n) is 10.8. The van der Waals surface area contributed by atoms with Gasteiger partial charge in [-0.15, -0.1) is 0 Å². The third-order valence-electron chi connectivity index (χ3n) is 2.58. The molecule has 0 aliphatic rings. The Bertz CT molecular complexity index is 634. The first-order chi connectivity index (χ1) is 9.60. The molecule has 0 saturated heterocycles. The van der Waals surface area contributed by atoms with Crippen molar-refractivity contribution in [3.63, 3.8) is 0 Å². The number of halogens is 1. The average Bonchev–Trinajstić information content (AvgIpc) is 2.45. The monoisotopic (exact) mass is 308 g/mol. The molecule has 1 heterocycles. The number of pyridine rings is 1. The van der Waals surface area contributed by atoms with Crippen LogP contribution in [0.5, 0.6) is 11.6 Å². The molecule has 0 atom stereocenters. The topological polar surface area (TPSA) is 57.4 Å². The molecule has 4 nitrogen and oxygen atoms in total. The van der Waals surface area contributed by atoms with E-state index in [2.05, 4.69) is 4.98 Å². The van der Waals surface area contributed by atoms with Crippen LogP contribution in [-0.2, 0) is 6.61 Å². The largest absolute Gasteiger partial charge is 0.487 e. The van der Waals surface area contributed by atoms with Crippen LogP contribution in [0.25, 0.3) is 0 Å². The van der Waals surface area contributed by atoms with Crippen molar-refractivity contribution in [2.75, 3.05) is 7.11 Å². The van der Waals surface area contributed by atoms with Crippen molar-refractivity contribution in [1.82, 2.24) is 4.98 Å². The molecule has 0 bridgehead atoms. The number of hydrogen-bond acceptors (Lipinski definition) is 4. The quantitative estimate of drug-likeness (QED) is 0.861. The minimum atomic E-state index is 0.260. The van der Waals surface area contributed by atoms with Crippen molar-refractivity contribution >= 4 is 28.8 Å². The summed E-state index contributed by atoms with van der Waals surface area (Å²) in [7, 11) is 1.56. The fourth-order valence-electron chi connectivity index (χ4n) is 1.62. The molecule has 0 aliphatic heterocycles. The van der Waals surface area contributed by atoms with Gasteiger partial charge in [0.25, 0.3) is 0 Å². The van der Waals surface area contributed by atoms with E-state index < -0.39 is 0 Å². The van der Waals surface area contributed by atoms with Crippen LogP contribution in [0.4, 0.5) is 0 Å². The van der Waals surface area contributed by atoms with Crippen LogP contribution in [0, 0.1) is 0 Å². The Hall–Kier alpha value is -1.85. The lowest BCUT2D eigenvalue weighted by atomic mass is 10.2. The number of hydrogen-bond donors (Lipinski definition) is 1. The molecular weight excluding hydrogens is 296 g/mol. The lowest BCUT2D eigenvalue weighted by Crippen LogP contribution is -2.12. The Kier molecular flexibility index (Phi) is 4.76. The van der Waals surface area contributed by atoms with E-state index in [9.17, 15) is 0 Å². The Morgan fingerprint density at radius 2 is 2.15 bits per heavy atom. The van der Waals surface area contributed by atoms with Gasteiger partial charge < -0.3 is 15.2 Å². The SMILES string of the molecule is COc1cccc(COc2cc(Cl)ccc2C(N)=S)n1. The molecular formula is C14H13ClN2O2S. The summed E-state index contributed by atoms with van der Waals surface area (Å²) in [6.07, 6.45) is 0. The summed E-state index contributed by atoms with van der Waals surface area (Å²) in [4.78, 5) is 4.52. The molecule has 1 aromatic heterocycles. The number of thiocarbonyl (C=S) groups is 1. The predicted molar refractivity (Wildman–Crippen MR) is 82.5 cm³/mol. The highest BCUT2D eigenvalue weighted by atomic mass is 35.5. The number of nitrogens with zero attached hydrogens (tertiary/aromatic N) is 1. The van der Waals surface area contributed by atoms with E-state index in [1.165, 1.54) is 0 Å². The molecule has 6 heteroatoms. The van der Waals surface area contributed by atoms with Crippen molar-refractivity contribution < 1.29 is 9.47 Å². The van der Waals surface area contributed by atoms with Crippen molar-refractivity contribution in [3.05, 3.63) is 52.7 Å². The van der Waals surface area contributed by atoms with Crippen molar-refractivity contribution in [3.8, 4) is 11.6 Å². The third-order valence-corrected chi connectivity index (χ3v) is 3.03. The summed E-state index contributed by atoms with van der Waals surface area (Å²) in [5.41, 5.74) is 7.03. The molecule has 2 aromatic rings. The minimum Gasteiger partial charge on any atom is -0.487 e. The summed E-state index contributed by atoms with van der Waals surface area (Å²) >= 11 is 10.9. The van der Waals surface area contributed by atoms with Crippen LogP contribution in [0.1, 0.15) is 11.3 Å². The summed E-state index contributed by atoms with van der Waals surface area (Å²) < 4.78 is 10.8. The van der Waals surface area contributed by atoms with Gasteiger partial charge in [0.2, 0.25) is 5.88 Å². The fourth-order valence-corrected chi connectivity index (χ4v) is 1.95. The summed E-state index contributed by atoms with van der Waals surface area (Å²) in [5, 5.41) is 0.554. The van der Waals surface area contributed by atoms with Crippen LogP contribution >= 0.6 is 23.8 Å². The normalized spacial score (nSPS) is 10.1. The van der Waals surface area contributed by atoms with Gasteiger partial charge in [-0.3, -0.25) is 0 Å². The highest BCUT2D eigenvalue weighted by Crippen LogP contribution is 2.24. The van der Waals surface area contributed by atoms with E-state index in [0.717, 1.165) is 5.69 Å². The van der Waals surface area contributed by atoms with E-state index in [-0.39, 0.29) is 11.6 Å². The number of ether oxygens (including phenoxy) is 2.